The summed E-state index contributed by atoms with van der Waals surface area (Å²) in [6.45, 7) is 16.5. The number of allylic oxidation sites excluding steroid dienone is 8. The smallest absolute Gasteiger partial charge is 0.166 e. The second-order valence-electron chi connectivity index (χ2n) is 21.2. The average molecular weight is 1050 g/mol. The molecule has 3 aliphatic carbocycles. The number of nitrogens with zero attached hydrogens (tertiary/aromatic N) is 3. The molecule has 2 heterocycles. The molecule has 0 spiro atoms. The van der Waals surface area contributed by atoms with Crippen LogP contribution in [0.4, 0.5) is 17.1 Å². The Morgan fingerprint density at radius 2 is 1.01 bits per heavy atom. The molecule has 4 N–H and O–H groups in total. The molecule has 12 nitrogen and oxygen atoms in total. The monoisotopic (exact) mass is 1050 g/mol. The van der Waals surface area contributed by atoms with Crippen molar-refractivity contribution < 1.29 is 34.2 Å². The minimum absolute atomic E-state index is 0. The predicted molar refractivity (Wildman–Crippen MR) is 311 cm³/mol. The molecule has 0 atom stereocenters. The highest BCUT2D eigenvalue weighted by atomic mass is 35.5. The zero-order chi connectivity index (χ0) is 54.2. The first-order valence-electron chi connectivity index (χ1n) is 26.1. The number of nitrogens with one attached hydrogen (secondary N) is 2. The van der Waals surface area contributed by atoms with Crippen LogP contribution in [0.2, 0.25) is 0 Å². The number of Topliss-reactive ketones (excluding diaryl/α,β-unsaturated/α-hetero) is 5. The molecule has 0 bridgehead atoms. The third kappa shape index (κ3) is 27.7. The molecule has 3 aromatic carbocycles. The quantitative estimate of drug-likeness (QED) is 0.0698. The minimum Gasteiger partial charge on any atom is -0.512 e. The van der Waals surface area contributed by atoms with E-state index in [1.165, 1.54) is 51.6 Å². The van der Waals surface area contributed by atoms with Crippen molar-refractivity contribution in [2.75, 3.05) is 38.6 Å². The largest absolute Gasteiger partial charge is 0.512 e. The Bertz CT molecular complexity index is 2380. The van der Waals surface area contributed by atoms with Crippen LogP contribution in [0.25, 0.3) is 0 Å². The lowest BCUT2D eigenvalue weighted by Crippen LogP contribution is -2.31. The second-order valence-corrected chi connectivity index (χ2v) is 21.2. The molecule has 2 saturated carbocycles. The lowest BCUT2D eigenvalue weighted by Gasteiger charge is -2.28. The molecule has 406 valence electrons. The van der Waals surface area contributed by atoms with Gasteiger partial charge in [0.05, 0.1) is 28.9 Å². The van der Waals surface area contributed by atoms with Crippen LogP contribution in [0.3, 0.4) is 0 Å². The number of piperidine rings is 2. The lowest BCUT2D eigenvalue weighted by molar-refractivity contribution is -0.133. The normalized spacial score (nSPS) is 19.1. The first-order chi connectivity index (χ1) is 35.4. The van der Waals surface area contributed by atoms with E-state index in [0.29, 0.717) is 49.7 Å². The topological polar surface area (TPSA) is 178 Å². The highest BCUT2D eigenvalue weighted by molar-refractivity contribution is 6.22. The Labute approximate surface area is 453 Å². The van der Waals surface area contributed by atoms with E-state index in [1.54, 1.807) is 30.7 Å². The van der Waals surface area contributed by atoms with E-state index in [9.17, 15) is 29.1 Å². The van der Waals surface area contributed by atoms with Gasteiger partial charge in [-0.15, -0.1) is 12.4 Å². The van der Waals surface area contributed by atoms with Gasteiger partial charge in [0.2, 0.25) is 0 Å². The van der Waals surface area contributed by atoms with E-state index in [0.717, 1.165) is 37.3 Å². The summed E-state index contributed by atoms with van der Waals surface area (Å²) < 4.78 is 0. The molecular weight excluding hydrogens is 962 g/mol. The maximum absolute atomic E-state index is 12.0. The van der Waals surface area contributed by atoms with Gasteiger partial charge in [0, 0.05) is 83.0 Å². The van der Waals surface area contributed by atoms with Gasteiger partial charge in [-0.3, -0.25) is 34.0 Å². The molecule has 75 heavy (non-hydrogen) atoms. The maximum atomic E-state index is 12.0. The van der Waals surface area contributed by atoms with Crippen LogP contribution in [0.1, 0.15) is 125 Å². The van der Waals surface area contributed by atoms with Crippen molar-refractivity contribution >= 4 is 70.8 Å². The molecule has 0 radical (unpaired) electrons. The first kappa shape index (κ1) is 64.8. The molecule has 0 aromatic heterocycles. The number of para-hydroxylation sites is 3. The van der Waals surface area contributed by atoms with Gasteiger partial charge in [-0.25, -0.2) is 0 Å². The van der Waals surface area contributed by atoms with Crippen LogP contribution in [0.15, 0.2) is 161 Å². The fourth-order valence-electron chi connectivity index (χ4n) is 8.71. The van der Waals surface area contributed by atoms with Crippen molar-refractivity contribution in [2.24, 2.45) is 26.2 Å². The summed E-state index contributed by atoms with van der Waals surface area (Å²) in [4.78, 5) is 68.4. The maximum Gasteiger partial charge on any atom is 0.166 e. The fraction of sp³-hybridized carbons (Fsp3) is 0.435. The molecule has 13 heteroatoms. The number of benzene rings is 3. The number of ketones is 5. The number of aliphatic hydroxyl groups is 2. The molecule has 0 unspecified atom stereocenters. The number of halogens is 1. The Balaban J connectivity index is 0.000000330. The predicted octanol–water partition coefficient (Wildman–Crippen LogP) is 13.2. The zero-order valence-corrected chi connectivity index (χ0v) is 46.4. The lowest BCUT2D eigenvalue weighted by atomic mass is 9.74. The molecule has 4 fully saturated rings. The van der Waals surface area contributed by atoms with Gasteiger partial charge in [0.15, 0.2) is 17.3 Å². The number of aliphatic imine (C=N–C) groups is 2. The standard InChI is InChI=1S/C17H19NO2.C16H23NO2.C15H14N2.C8H12O2.C5H11N.CH4O.ClH/c1-17(2)11-15(19)14(16(20)12-17)9-6-10-18-13-7-4-3-5-8-13;1-16(2)11-14(18)13(15(19)12-16)7-6-10-17-8-4-3-5-9-17;1-3-8-14(9-4-1)16-12-7-13-17-15-10-5-2-6-11-15;1-8(2)4-6(9)3-7(10)5-8;1-2-4-6-5-3-1;1-2;/h3-10,19H,11-12H2,1-2H3;6-7,10H,3-5,8-9,11-12H2,1-2H3;1-13,16H;3-5H2,1-2H3;6H,1-5H2;2H,1H3;1H/b;10-6+;12-7+,17-13?;;;;. The Morgan fingerprint density at radius 3 is 1.48 bits per heavy atom. The van der Waals surface area contributed by atoms with Crippen LogP contribution >= 0.6 is 12.4 Å². The summed E-state index contributed by atoms with van der Waals surface area (Å²) in [5.74, 6) is 0.343. The van der Waals surface area contributed by atoms with Gasteiger partial charge >= 0.3 is 0 Å². The first-order valence-corrected chi connectivity index (χ1v) is 26.1. The third-order valence-electron chi connectivity index (χ3n) is 12.2. The number of aliphatic hydroxyl groups excluding tert-OH is 2. The fourth-order valence-corrected chi connectivity index (χ4v) is 8.71. The number of carbonyl (C=O) groups excluding carboxylic acids is 5. The van der Waals surface area contributed by atoms with Crippen LogP contribution < -0.4 is 10.6 Å². The molecule has 5 aliphatic rings. The number of rotatable bonds is 9. The summed E-state index contributed by atoms with van der Waals surface area (Å²) in [7, 11) is 1.00. The number of hydrogen-bond donors (Lipinski definition) is 4. The molecule has 0 amide bonds. The van der Waals surface area contributed by atoms with Crippen LogP contribution in [0.5, 0.6) is 0 Å². The van der Waals surface area contributed by atoms with E-state index >= 15 is 0 Å². The summed E-state index contributed by atoms with van der Waals surface area (Å²) in [6.07, 6.45) is 27.3. The van der Waals surface area contributed by atoms with Gasteiger partial charge in [-0.2, -0.15) is 0 Å². The number of hydrogen-bond acceptors (Lipinski definition) is 12. The summed E-state index contributed by atoms with van der Waals surface area (Å²) in [6, 6.07) is 29.4. The van der Waals surface area contributed by atoms with E-state index in [4.69, 9.17) is 5.11 Å². The molecule has 8 rings (SSSR count). The zero-order valence-electron chi connectivity index (χ0n) is 45.6. The van der Waals surface area contributed by atoms with Gasteiger partial charge < -0.3 is 25.7 Å². The van der Waals surface area contributed by atoms with E-state index < -0.39 is 0 Å². The van der Waals surface area contributed by atoms with Crippen LogP contribution in [0, 0.1) is 16.2 Å². The van der Waals surface area contributed by atoms with Crippen molar-refractivity contribution in [3.05, 3.63) is 151 Å². The minimum atomic E-state index is -0.178. The molecule has 3 aromatic rings. The Morgan fingerprint density at radius 1 is 0.560 bits per heavy atom. The average Bonchev–Trinajstić information content (AvgIpc) is 3.36. The van der Waals surface area contributed by atoms with Gasteiger partial charge in [0.25, 0.3) is 0 Å². The van der Waals surface area contributed by atoms with Crippen molar-refractivity contribution in [2.45, 2.75) is 125 Å². The Kier molecular flexibility index (Phi) is 30.2. The second kappa shape index (κ2) is 35.0. The van der Waals surface area contributed by atoms with Crippen molar-refractivity contribution in [1.29, 1.82) is 0 Å². The number of carbonyl (C=O) groups is 5. The molecule has 2 aliphatic heterocycles. The van der Waals surface area contributed by atoms with Crippen molar-refractivity contribution in [1.82, 2.24) is 10.2 Å². The highest BCUT2D eigenvalue weighted by Crippen LogP contribution is 2.36. The molecule has 2 saturated heterocycles. The number of likely N-dealkylation sites (tertiary alicyclic amines) is 1. The molecular formula is C62H84ClN5O7. The highest BCUT2D eigenvalue weighted by Gasteiger charge is 2.35. The summed E-state index contributed by atoms with van der Waals surface area (Å²) in [5, 5.41) is 23.4. The van der Waals surface area contributed by atoms with Gasteiger partial charge in [0.1, 0.15) is 17.3 Å². The Hall–Kier alpha value is -6.34. The van der Waals surface area contributed by atoms with Crippen LogP contribution in [-0.2, 0) is 24.0 Å². The van der Waals surface area contributed by atoms with Gasteiger partial charge in [-0.05, 0) is 134 Å². The van der Waals surface area contributed by atoms with Crippen molar-refractivity contribution in [3.8, 4) is 0 Å². The van der Waals surface area contributed by atoms with Crippen molar-refractivity contribution in [3.63, 3.8) is 0 Å². The van der Waals surface area contributed by atoms with Crippen LogP contribution in [-0.4, -0.2) is 89.7 Å². The number of anilines is 1. The van der Waals surface area contributed by atoms with E-state index in [-0.39, 0.29) is 69.7 Å². The van der Waals surface area contributed by atoms with Gasteiger partial charge in [-0.1, -0.05) is 103 Å². The SMILES string of the molecule is C(/C=C/Nc1ccccc1)=Nc1ccccc1.C1CCNCC1.CC1(C)CC(=O)C(=C/C=C/N2CCCCC2)C(=O)C1.CC1(C)CC(=O)C(C=CC=Nc2ccccc2)=C(O)C1.CC1(C)CC(=O)CC(=O)C1.CO.Cl. The third-order valence-corrected chi connectivity index (χ3v) is 12.2. The summed E-state index contributed by atoms with van der Waals surface area (Å²) >= 11 is 0. The summed E-state index contributed by atoms with van der Waals surface area (Å²) in [5.41, 5.74) is 3.25. The van der Waals surface area contributed by atoms with E-state index in [2.05, 4.69) is 25.5 Å². The van der Waals surface area contributed by atoms with E-state index in [1.807, 2.05) is 157 Å².